The zero-order valence-electron chi connectivity index (χ0n) is 15.8. The number of methoxy groups -OCH3 is 3. The third kappa shape index (κ3) is 3.83. The van der Waals surface area contributed by atoms with Crippen LogP contribution in [0.2, 0.25) is 0 Å². The molecule has 1 aromatic heterocycles. The number of hydrogen-bond acceptors (Lipinski definition) is 7. The van der Waals surface area contributed by atoms with Crippen molar-refractivity contribution < 1.29 is 14.2 Å². The van der Waals surface area contributed by atoms with Crippen LogP contribution < -0.4 is 19.1 Å². The summed E-state index contributed by atoms with van der Waals surface area (Å²) in [4.78, 5) is 13.4. The van der Waals surface area contributed by atoms with Crippen LogP contribution in [0.1, 0.15) is 12.5 Å². The average molecular weight is 358 g/mol. The Labute approximate surface area is 154 Å². The number of piperazine rings is 1. The van der Waals surface area contributed by atoms with Gasteiger partial charge in [-0.15, -0.1) is 0 Å². The van der Waals surface area contributed by atoms with Gasteiger partial charge in [0.1, 0.15) is 0 Å². The number of ether oxygens (including phenoxy) is 3. The first-order valence-corrected chi connectivity index (χ1v) is 8.71. The Morgan fingerprint density at radius 3 is 2.19 bits per heavy atom. The van der Waals surface area contributed by atoms with Gasteiger partial charge in [-0.2, -0.15) is 0 Å². The van der Waals surface area contributed by atoms with E-state index in [-0.39, 0.29) is 0 Å². The van der Waals surface area contributed by atoms with Crippen molar-refractivity contribution in [2.75, 3.05) is 45.9 Å². The fourth-order valence-electron chi connectivity index (χ4n) is 3.33. The zero-order valence-corrected chi connectivity index (χ0v) is 15.8. The summed E-state index contributed by atoms with van der Waals surface area (Å²) in [6, 6.07) is 6.25. The van der Waals surface area contributed by atoms with Crippen molar-refractivity contribution in [3.8, 4) is 17.2 Å². The molecule has 1 saturated heterocycles. The van der Waals surface area contributed by atoms with Crippen LogP contribution in [0.5, 0.6) is 17.2 Å². The minimum atomic E-state index is 0.381. The van der Waals surface area contributed by atoms with Crippen LogP contribution in [0.4, 0.5) is 5.95 Å². The van der Waals surface area contributed by atoms with Crippen LogP contribution in [-0.2, 0) is 6.54 Å². The molecule has 1 aliphatic rings. The third-order valence-electron chi connectivity index (χ3n) is 4.71. The molecule has 140 valence electrons. The number of hydrogen-bond donors (Lipinski definition) is 0. The van der Waals surface area contributed by atoms with Crippen molar-refractivity contribution in [2.24, 2.45) is 0 Å². The second kappa shape index (κ2) is 8.23. The summed E-state index contributed by atoms with van der Waals surface area (Å²) in [5.74, 6) is 2.79. The summed E-state index contributed by atoms with van der Waals surface area (Å²) in [5.41, 5.74) is 1.13. The highest BCUT2D eigenvalue weighted by molar-refractivity contribution is 5.53. The van der Waals surface area contributed by atoms with Gasteiger partial charge in [0.25, 0.3) is 0 Å². The van der Waals surface area contributed by atoms with Gasteiger partial charge >= 0.3 is 0 Å². The second-order valence-electron chi connectivity index (χ2n) is 6.35. The first-order chi connectivity index (χ1) is 12.7. The molecule has 7 nitrogen and oxygen atoms in total. The van der Waals surface area contributed by atoms with E-state index in [0.717, 1.165) is 37.7 Å². The highest BCUT2D eigenvalue weighted by Crippen LogP contribution is 2.38. The SMILES string of the molecule is COc1cc(CN2CCN(c3ncccn3)CC2C)cc(OC)c1OC. The van der Waals surface area contributed by atoms with Crippen LogP contribution >= 0.6 is 0 Å². The fraction of sp³-hybridized carbons (Fsp3) is 0.474. The molecule has 3 rings (SSSR count). The number of nitrogens with zero attached hydrogens (tertiary/aromatic N) is 4. The summed E-state index contributed by atoms with van der Waals surface area (Å²) in [5, 5.41) is 0. The predicted molar refractivity (Wildman–Crippen MR) is 100 cm³/mol. The third-order valence-corrected chi connectivity index (χ3v) is 4.71. The van der Waals surface area contributed by atoms with Gasteiger partial charge in [0.15, 0.2) is 11.5 Å². The first kappa shape index (κ1) is 18.3. The van der Waals surface area contributed by atoms with Crippen molar-refractivity contribution >= 4 is 5.95 Å². The van der Waals surface area contributed by atoms with Crippen LogP contribution in [0, 0.1) is 0 Å². The molecular weight excluding hydrogens is 332 g/mol. The molecule has 1 unspecified atom stereocenters. The highest BCUT2D eigenvalue weighted by Gasteiger charge is 2.25. The molecule has 0 bridgehead atoms. The fourth-order valence-corrected chi connectivity index (χ4v) is 3.33. The molecule has 2 aromatic rings. The number of aromatic nitrogens is 2. The van der Waals surface area contributed by atoms with Gasteiger partial charge in [0, 0.05) is 44.6 Å². The van der Waals surface area contributed by atoms with Gasteiger partial charge in [-0.1, -0.05) is 0 Å². The largest absolute Gasteiger partial charge is 0.493 e. The van der Waals surface area contributed by atoms with Gasteiger partial charge in [0.05, 0.1) is 21.3 Å². The average Bonchev–Trinajstić information content (AvgIpc) is 2.69. The van der Waals surface area contributed by atoms with Crippen molar-refractivity contribution in [2.45, 2.75) is 19.5 Å². The minimum absolute atomic E-state index is 0.381. The van der Waals surface area contributed by atoms with Gasteiger partial charge in [-0.05, 0) is 30.7 Å². The van der Waals surface area contributed by atoms with Crippen LogP contribution in [-0.4, -0.2) is 61.9 Å². The minimum Gasteiger partial charge on any atom is -0.493 e. The molecule has 0 N–H and O–H groups in total. The van der Waals surface area contributed by atoms with Gasteiger partial charge in [0.2, 0.25) is 11.7 Å². The van der Waals surface area contributed by atoms with Crippen molar-refractivity contribution in [3.63, 3.8) is 0 Å². The smallest absolute Gasteiger partial charge is 0.225 e. The maximum Gasteiger partial charge on any atom is 0.225 e. The Morgan fingerprint density at radius 1 is 1.00 bits per heavy atom. The summed E-state index contributed by atoms with van der Waals surface area (Å²) in [7, 11) is 4.90. The molecule has 1 fully saturated rings. The number of rotatable bonds is 6. The lowest BCUT2D eigenvalue weighted by atomic mass is 10.1. The zero-order chi connectivity index (χ0) is 18.5. The molecule has 0 amide bonds. The molecule has 0 aliphatic carbocycles. The molecule has 0 spiro atoms. The number of benzene rings is 1. The second-order valence-corrected chi connectivity index (χ2v) is 6.35. The van der Waals surface area contributed by atoms with Gasteiger partial charge < -0.3 is 19.1 Å². The Bertz CT molecular complexity index is 701. The van der Waals surface area contributed by atoms with E-state index in [1.807, 2.05) is 18.2 Å². The van der Waals surface area contributed by atoms with E-state index >= 15 is 0 Å². The molecular formula is C19H26N4O3. The quantitative estimate of drug-likeness (QED) is 0.785. The van der Waals surface area contributed by atoms with Gasteiger partial charge in [-0.3, -0.25) is 4.90 Å². The van der Waals surface area contributed by atoms with E-state index in [4.69, 9.17) is 14.2 Å². The first-order valence-electron chi connectivity index (χ1n) is 8.71. The van der Waals surface area contributed by atoms with E-state index in [1.165, 1.54) is 0 Å². The lowest BCUT2D eigenvalue weighted by Gasteiger charge is -2.39. The monoisotopic (exact) mass is 358 g/mol. The number of anilines is 1. The summed E-state index contributed by atoms with van der Waals surface area (Å²) < 4.78 is 16.3. The molecule has 0 saturated carbocycles. The van der Waals surface area contributed by atoms with Crippen LogP contribution in [0.15, 0.2) is 30.6 Å². The van der Waals surface area contributed by atoms with Crippen LogP contribution in [0.25, 0.3) is 0 Å². The maximum absolute atomic E-state index is 5.46. The Morgan fingerprint density at radius 2 is 1.65 bits per heavy atom. The van der Waals surface area contributed by atoms with Crippen molar-refractivity contribution in [3.05, 3.63) is 36.2 Å². The van der Waals surface area contributed by atoms with E-state index in [2.05, 4.69) is 26.7 Å². The van der Waals surface area contributed by atoms with E-state index < -0.39 is 0 Å². The topological polar surface area (TPSA) is 60.0 Å². The molecule has 1 atom stereocenters. The van der Waals surface area contributed by atoms with Gasteiger partial charge in [-0.25, -0.2) is 9.97 Å². The molecule has 26 heavy (non-hydrogen) atoms. The normalized spacial score (nSPS) is 17.8. The van der Waals surface area contributed by atoms with E-state index in [1.54, 1.807) is 33.7 Å². The maximum atomic E-state index is 5.46. The van der Waals surface area contributed by atoms with E-state index in [9.17, 15) is 0 Å². The van der Waals surface area contributed by atoms with Crippen molar-refractivity contribution in [1.82, 2.24) is 14.9 Å². The Balaban J connectivity index is 1.72. The molecule has 7 heteroatoms. The lowest BCUT2D eigenvalue weighted by molar-refractivity contribution is 0.179. The molecule has 2 heterocycles. The van der Waals surface area contributed by atoms with Crippen molar-refractivity contribution in [1.29, 1.82) is 0 Å². The molecule has 0 radical (unpaired) electrons. The lowest BCUT2D eigenvalue weighted by Crippen LogP contribution is -2.51. The Hall–Kier alpha value is -2.54. The molecule has 1 aromatic carbocycles. The predicted octanol–water partition coefficient (Wildman–Crippen LogP) is 2.21. The standard InChI is InChI=1S/C19H26N4O3/c1-14-12-23(19-20-6-5-7-21-19)9-8-22(14)13-15-10-16(24-2)18(26-4)17(11-15)25-3/h5-7,10-11,14H,8-9,12-13H2,1-4H3. The summed E-state index contributed by atoms with van der Waals surface area (Å²) in [6.45, 7) is 5.79. The Kier molecular flexibility index (Phi) is 5.78. The summed E-state index contributed by atoms with van der Waals surface area (Å²) in [6.07, 6.45) is 3.57. The summed E-state index contributed by atoms with van der Waals surface area (Å²) >= 11 is 0. The van der Waals surface area contributed by atoms with E-state index in [0.29, 0.717) is 23.3 Å². The van der Waals surface area contributed by atoms with Crippen LogP contribution in [0.3, 0.4) is 0 Å². The highest BCUT2D eigenvalue weighted by atomic mass is 16.5. The molecule has 1 aliphatic heterocycles.